The number of hydrogen-bond acceptors (Lipinski definition) is 3. The molecule has 0 heterocycles. The third-order valence-corrected chi connectivity index (χ3v) is 2.44. The number of anilines is 1. The van der Waals surface area contributed by atoms with Gasteiger partial charge in [-0.2, -0.15) is 5.26 Å². The van der Waals surface area contributed by atoms with Crippen LogP contribution < -0.4 is 4.90 Å². The lowest BCUT2D eigenvalue weighted by atomic mass is 10.2. The van der Waals surface area contributed by atoms with Gasteiger partial charge in [-0.3, -0.25) is 4.79 Å². The van der Waals surface area contributed by atoms with Crippen molar-refractivity contribution in [1.82, 2.24) is 0 Å². The van der Waals surface area contributed by atoms with Crippen molar-refractivity contribution in [2.24, 2.45) is 0 Å². The third kappa shape index (κ3) is 2.97. The minimum Gasteiger partial charge on any atom is -0.374 e. The Balaban J connectivity index is 2.83. The van der Waals surface area contributed by atoms with Crippen molar-refractivity contribution in [2.75, 3.05) is 18.5 Å². The van der Waals surface area contributed by atoms with E-state index >= 15 is 0 Å². The summed E-state index contributed by atoms with van der Waals surface area (Å²) in [6.45, 7) is 0.646. The summed E-state index contributed by atoms with van der Waals surface area (Å²) in [6.07, 6.45) is 1.19. The molecule has 0 atom stereocenters. The molecule has 0 aliphatic rings. The number of aldehydes is 1. The van der Waals surface area contributed by atoms with Crippen LogP contribution >= 0.6 is 11.6 Å². The SMILES string of the molecule is CN(CCC#N)c1ccc(C=O)c(Cl)c1. The molecule has 0 saturated carbocycles. The zero-order chi connectivity index (χ0) is 11.3. The van der Waals surface area contributed by atoms with Gasteiger partial charge in [0, 0.05) is 24.8 Å². The maximum atomic E-state index is 10.5. The van der Waals surface area contributed by atoms with Gasteiger partial charge >= 0.3 is 0 Å². The fraction of sp³-hybridized carbons (Fsp3) is 0.273. The number of hydrogen-bond donors (Lipinski definition) is 0. The highest BCUT2D eigenvalue weighted by Gasteiger charge is 2.04. The van der Waals surface area contributed by atoms with E-state index in [0.29, 0.717) is 23.6 Å². The lowest BCUT2D eigenvalue weighted by Crippen LogP contribution is -2.17. The Kier molecular flexibility index (Phi) is 4.14. The largest absolute Gasteiger partial charge is 0.374 e. The second kappa shape index (κ2) is 5.38. The summed E-state index contributed by atoms with van der Waals surface area (Å²) in [4.78, 5) is 12.5. The van der Waals surface area contributed by atoms with Crippen molar-refractivity contribution in [3.63, 3.8) is 0 Å². The molecule has 0 N–H and O–H groups in total. The van der Waals surface area contributed by atoms with Crippen LogP contribution in [-0.2, 0) is 0 Å². The first-order chi connectivity index (χ1) is 7.19. The molecule has 0 fully saturated rings. The molecule has 1 aromatic rings. The molecule has 0 spiro atoms. The van der Waals surface area contributed by atoms with Crippen molar-refractivity contribution in [2.45, 2.75) is 6.42 Å². The number of benzene rings is 1. The Bertz CT molecular complexity index is 398. The van der Waals surface area contributed by atoms with E-state index < -0.39 is 0 Å². The van der Waals surface area contributed by atoms with E-state index in [1.54, 1.807) is 12.1 Å². The normalized spacial score (nSPS) is 9.40. The van der Waals surface area contributed by atoms with Crippen LogP contribution in [0, 0.1) is 11.3 Å². The van der Waals surface area contributed by atoms with Gasteiger partial charge in [-0.1, -0.05) is 11.6 Å². The summed E-state index contributed by atoms with van der Waals surface area (Å²) in [5.74, 6) is 0. The second-order valence-corrected chi connectivity index (χ2v) is 3.56. The highest BCUT2D eigenvalue weighted by molar-refractivity contribution is 6.33. The molecular weight excluding hydrogens is 212 g/mol. The van der Waals surface area contributed by atoms with E-state index in [4.69, 9.17) is 16.9 Å². The van der Waals surface area contributed by atoms with Gasteiger partial charge in [-0.25, -0.2) is 0 Å². The van der Waals surface area contributed by atoms with Gasteiger partial charge in [0.1, 0.15) is 0 Å². The first kappa shape index (κ1) is 11.5. The summed E-state index contributed by atoms with van der Waals surface area (Å²) < 4.78 is 0. The van der Waals surface area contributed by atoms with Crippen LogP contribution in [0.3, 0.4) is 0 Å². The minimum absolute atomic E-state index is 0.436. The van der Waals surface area contributed by atoms with Crippen LogP contribution in [0.4, 0.5) is 5.69 Å². The molecule has 78 valence electrons. The monoisotopic (exact) mass is 222 g/mol. The summed E-state index contributed by atoms with van der Waals surface area (Å²) in [7, 11) is 1.88. The van der Waals surface area contributed by atoms with Gasteiger partial charge in [0.25, 0.3) is 0 Å². The van der Waals surface area contributed by atoms with Crippen LogP contribution in [0.1, 0.15) is 16.8 Å². The van der Waals surface area contributed by atoms with Crippen molar-refractivity contribution in [1.29, 1.82) is 5.26 Å². The molecule has 0 radical (unpaired) electrons. The Morgan fingerprint density at radius 3 is 2.87 bits per heavy atom. The molecule has 0 unspecified atom stereocenters. The fourth-order valence-electron chi connectivity index (χ4n) is 1.20. The average Bonchev–Trinajstić information content (AvgIpc) is 2.25. The van der Waals surface area contributed by atoms with Crippen LogP contribution in [0.5, 0.6) is 0 Å². The lowest BCUT2D eigenvalue weighted by Gasteiger charge is -2.18. The summed E-state index contributed by atoms with van der Waals surface area (Å²) >= 11 is 5.88. The lowest BCUT2D eigenvalue weighted by molar-refractivity contribution is 0.112. The van der Waals surface area contributed by atoms with E-state index in [9.17, 15) is 4.79 Å². The van der Waals surface area contributed by atoms with E-state index in [1.807, 2.05) is 18.0 Å². The minimum atomic E-state index is 0.436. The van der Waals surface area contributed by atoms with Crippen LogP contribution in [0.2, 0.25) is 5.02 Å². The highest BCUT2D eigenvalue weighted by atomic mass is 35.5. The molecule has 0 amide bonds. The maximum Gasteiger partial charge on any atom is 0.151 e. The number of carbonyl (C=O) groups excluding carboxylic acids is 1. The maximum absolute atomic E-state index is 10.5. The molecule has 0 aromatic heterocycles. The predicted octanol–water partition coefficient (Wildman–Crippen LogP) is 2.50. The zero-order valence-electron chi connectivity index (χ0n) is 8.40. The molecule has 0 aliphatic heterocycles. The third-order valence-electron chi connectivity index (χ3n) is 2.11. The zero-order valence-corrected chi connectivity index (χ0v) is 9.16. The van der Waals surface area contributed by atoms with Crippen LogP contribution in [0.15, 0.2) is 18.2 Å². The van der Waals surface area contributed by atoms with Crippen molar-refractivity contribution < 1.29 is 4.79 Å². The van der Waals surface area contributed by atoms with E-state index in [2.05, 4.69) is 6.07 Å². The van der Waals surface area contributed by atoms with Crippen LogP contribution in [0.25, 0.3) is 0 Å². The van der Waals surface area contributed by atoms with E-state index in [-0.39, 0.29) is 0 Å². The van der Waals surface area contributed by atoms with Crippen molar-refractivity contribution in [3.8, 4) is 6.07 Å². The quantitative estimate of drug-likeness (QED) is 0.736. The predicted molar refractivity (Wildman–Crippen MR) is 60.3 cm³/mol. The average molecular weight is 223 g/mol. The molecule has 0 saturated heterocycles. The molecule has 1 aromatic carbocycles. The molecule has 1 rings (SSSR count). The van der Waals surface area contributed by atoms with Gasteiger partial charge < -0.3 is 4.90 Å². The van der Waals surface area contributed by atoms with Crippen molar-refractivity contribution >= 4 is 23.6 Å². The number of nitriles is 1. The second-order valence-electron chi connectivity index (χ2n) is 3.15. The molecular formula is C11H11ClN2O. The standard InChI is InChI=1S/C11H11ClN2O/c1-14(6-2-5-13)10-4-3-9(8-15)11(12)7-10/h3-4,7-8H,2,6H2,1H3. The summed E-state index contributed by atoms with van der Waals surface area (Å²) in [5, 5.41) is 8.89. The van der Waals surface area contributed by atoms with E-state index in [0.717, 1.165) is 12.0 Å². The fourth-order valence-corrected chi connectivity index (χ4v) is 1.42. The topological polar surface area (TPSA) is 44.1 Å². The van der Waals surface area contributed by atoms with E-state index in [1.165, 1.54) is 0 Å². The summed E-state index contributed by atoms with van der Waals surface area (Å²) in [5.41, 5.74) is 1.38. The van der Waals surface area contributed by atoms with Gasteiger partial charge in [-0.05, 0) is 18.2 Å². The Labute approximate surface area is 93.9 Å². The molecule has 0 aliphatic carbocycles. The Morgan fingerprint density at radius 2 is 2.33 bits per heavy atom. The van der Waals surface area contributed by atoms with Crippen LogP contribution in [-0.4, -0.2) is 19.9 Å². The molecule has 0 bridgehead atoms. The number of rotatable bonds is 4. The molecule has 15 heavy (non-hydrogen) atoms. The Morgan fingerprint density at radius 1 is 1.60 bits per heavy atom. The number of halogens is 1. The molecule has 3 nitrogen and oxygen atoms in total. The van der Waals surface area contributed by atoms with Gasteiger partial charge in [0.05, 0.1) is 17.5 Å². The summed E-state index contributed by atoms with van der Waals surface area (Å²) in [6, 6.07) is 7.29. The van der Waals surface area contributed by atoms with Gasteiger partial charge in [0.2, 0.25) is 0 Å². The van der Waals surface area contributed by atoms with Crippen molar-refractivity contribution in [3.05, 3.63) is 28.8 Å². The van der Waals surface area contributed by atoms with Gasteiger partial charge in [0.15, 0.2) is 6.29 Å². The number of carbonyl (C=O) groups is 1. The Hall–Kier alpha value is -1.53. The first-order valence-electron chi connectivity index (χ1n) is 4.52. The number of nitrogens with zero attached hydrogens (tertiary/aromatic N) is 2. The smallest absolute Gasteiger partial charge is 0.151 e. The molecule has 4 heteroatoms. The highest BCUT2D eigenvalue weighted by Crippen LogP contribution is 2.21. The van der Waals surface area contributed by atoms with Gasteiger partial charge in [-0.15, -0.1) is 0 Å². The first-order valence-corrected chi connectivity index (χ1v) is 4.89.